The van der Waals surface area contributed by atoms with E-state index in [2.05, 4.69) is 38.7 Å². The molecule has 0 bridgehead atoms. The fourth-order valence-electron chi connectivity index (χ4n) is 1.62. The lowest BCUT2D eigenvalue weighted by Crippen LogP contribution is -2.33. The molecule has 1 unspecified atom stereocenters. The van der Waals surface area contributed by atoms with Gasteiger partial charge in [-0.2, -0.15) is 31.8 Å². The van der Waals surface area contributed by atoms with Gasteiger partial charge in [-0.1, -0.05) is 0 Å². The van der Waals surface area contributed by atoms with Gasteiger partial charge in [0, 0.05) is 31.2 Å². The molecular weight excluding hydrogens is 276 g/mol. The van der Waals surface area contributed by atoms with Gasteiger partial charge in [-0.3, -0.25) is 5.43 Å². The van der Waals surface area contributed by atoms with Crippen LogP contribution < -0.4 is 16.2 Å². The largest absolute Gasteiger partial charge is 0.340 e. The molecule has 0 aliphatic heterocycles. The van der Waals surface area contributed by atoms with Crippen molar-refractivity contribution in [1.82, 2.24) is 24.7 Å². The molecule has 20 heavy (non-hydrogen) atoms. The highest BCUT2D eigenvalue weighted by Gasteiger charge is 2.15. The summed E-state index contributed by atoms with van der Waals surface area (Å²) in [4.78, 5) is 14.9. The molecule has 0 saturated carbocycles. The standard InChI is InChI=1S/C11H18N8S/c1-8(7-20-3)18(2)10-14-9(17-12)15-11(16-10)19-6-4-5-13-19/h4-6,8H,7,12H2,1-3H3,(H,14,15,16,17). The predicted molar refractivity (Wildman–Crippen MR) is 81.0 cm³/mol. The molecule has 0 aliphatic carbocycles. The minimum absolute atomic E-state index is 0.295. The number of hydrazine groups is 1. The van der Waals surface area contributed by atoms with Crippen LogP contribution in [0.2, 0.25) is 0 Å². The molecule has 0 amide bonds. The second-order valence-electron chi connectivity index (χ2n) is 4.27. The Morgan fingerprint density at radius 3 is 2.85 bits per heavy atom. The third-order valence-corrected chi connectivity index (χ3v) is 3.65. The molecule has 108 valence electrons. The van der Waals surface area contributed by atoms with Gasteiger partial charge in [0.25, 0.3) is 5.95 Å². The van der Waals surface area contributed by atoms with Crippen LogP contribution in [0.4, 0.5) is 11.9 Å². The number of anilines is 2. The zero-order valence-corrected chi connectivity index (χ0v) is 12.5. The van der Waals surface area contributed by atoms with Gasteiger partial charge in [0.05, 0.1) is 0 Å². The van der Waals surface area contributed by atoms with Crippen molar-refractivity contribution in [3.8, 4) is 5.95 Å². The van der Waals surface area contributed by atoms with Crippen molar-refractivity contribution in [2.45, 2.75) is 13.0 Å². The van der Waals surface area contributed by atoms with Crippen molar-refractivity contribution < 1.29 is 0 Å². The second-order valence-corrected chi connectivity index (χ2v) is 5.18. The number of rotatable bonds is 6. The maximum atomic E-state index is 5.42. The molecule has 0 fully saturated rings. The van der Waals surface area contributed by atoms with E-state index in [1.165, 1.54) is 0 Å². The zero-order chi connectivity index (χ0) is 14.5. The highest BCUT2D eigenvalue weighted by molar-refractivity contribution is 7.98. The second kappa shape index (κ2) is 6.53. The van der Waals surface area contributed by atoms with Crippen LogP contribution in [0.5, 0.6) is 0 Å². The summed E-state index contributed by atoms with van der Waals surface area (Å²) in [6, 6.07) is 2.10. The van der Waals surface area contributed by atoms with Crippen LogP contribution in [0.15, 0.2) is 18.5 Å². The van der Waals surface area contributed by atoms with Crippen molar-refractivity contribution in [2.75, 3.05) is 29.4 Å². The molecule has 2 aromatic rings. The summed E-state index contributed by atoms with van der Waals surface area (Å²) in [5.41, 5.74) is 2.46. The summed E-state index contributed by atoms with van der Waals surface area (Å²) in [6.45, 7) is 2.11. The van der Waals surface area contributed by atoms with Gasteiger partial charge in [-0.15, -0.1) is 0 Å². The molecule has 2 aromatic heterocycles. The number of hydrogen-bond donors (Lipinski definition) is 2. The van der Waals surface area contributed by atoms with E-state index in [1.807, 2.05) is 11.9 Å². The topological polar surface area (TPSA) is 97.8 Å². The monoisotopic (exact) mass is 294 g/mol. The van der Waals surface area contributed by atoms with Gasteiger partial charge >= 0.3 is 0 Å². The van der Waals surface area contributed by atoms with Crippen LogP contribution >= 0.6 is 11.8 Å². The van der Waals surface area contributed by atoms with Crippen molar-refractivity contribution >= 4 is 23.7 Å². The molecule has 1 atom stereocenters. The van der Waals surface area contributed by atoms with E-state index >= 15 is 0 Å². The first-order chi connectivity index (χ1) is 9.65. The normalized spacial score (nSPS) is 12.2. The lowest BCUT2D eigenvalue weighted by Gasteiger charge is -2.24. The number of nitrogens with one attached hydrogen (secondary N) is 1. The van der Waals surface area contributed by atoms with E-state index in [0.29, 0.717) is 23.9 Å². The average molecular weight is 294 g/mol. The summed E-state index contributed by atoms with van der Waals surface area (Å²) in [5.74, 6) is 7.69. The number of nitrogens with zero attached hydrogens (tertiary/aromatic N) is 6. The Morgan fingerprint density at radius 1 is 1.45 bits per heavy atom. The number of aromatic nitrogens is 5. The fraction of sp³-hybridized carbons (Fsp3) is 0.455. The van der Waals surface area contributed by atoms with Crippen LogP contribution in [-0.4, -0.2) is 49.8 Å². The Morgan fingerprint density at radius 2 is 2.25 bits per heavy atom. The van der Waals surface area contributed by atoms with Gasteiger partial charge in [-0.25, -0.2) is 10.5 Å². The van der Waals surface area contributed by atoms with Crippen molar-refractivity contribution in [3.05, 3.63) is 18.5 Å². The Hall–Kier alpha value is -1.87. The zero-order valence-electron chi connectivity index (χ0n) is 11.7. The quantitative estimate of drug-likeness (QED) is 0.588. The van der Waals surface area contributed by atoms with E-state index in [9.17, 15) is 0 Å². The lowest BCUT2D eigenvalue weighted by molar-refractivity contribution is 0.719. The van der Waals surface area contributed by atoms with E-state index in [0.717, 1.165) is 5.75 Å². The van der Waals surface area contributed by atoms with Gasteiger partial charge in [0.2, 0.25) is 11.9 Å². The van der Waals surface area contributed by atoms with Crippen molar-refractivity contribution in [3.63, 3.8) is 0 Å². The van der Waals surface area contributed by atoms with E-state index in [4.69, 9.17) is 5.84 Å². The molecule has 8 nitrogen and oxygen atoms in total. The minimum Gasteiger partial charge on any atom is -0.340 e. The summed E-state index contributed by atoms with van der Waals surface area (Å²) >= 11 is 1.77. The molecule has 0 radical (unpaired) electrons. The van der Waals surface area contributed by atoms with Crippen LogP contribution in [0.3, 0.4) is 0 Å². The van der Waals surface area contributed by atoms with Crippen LogP contribution in [-0.2, 0) is 0 Å². The Bertz CT molecular complexity index is 543. The average Bonchev–Trinajstić information content (AvgIpc) is 3.00. The number of nitrogen functional groups attached to an aromatic ring is 1. The molecule has 9 heteroatoms. The third kappa shape index (κ3) is 3.17. The summed E-state index contributed by atoms with van der Waals surface area (Å²) in [7, 11) is 1.95. The Labute approximate surface area is 121 Å². The molecule has 0 spiro atoms. The fourth-order valence-corrected chi connectivity index (χ4v) is 2.32. The Balaban J connectivity index is 2.35. The minimum atomic E-state index is 0.295. The Kier molecular flexibility index (Phi) is 4.74. The van der Waals surface area contributed by atoms with Crippen molar-refractivity contribution in [2.24, 2.45) is 5.84 Å². The highest BCUT2D eigenvalue weighted by Crippen LogP contribution is 2.15. The molecule has 3 N–H and O–H groups in total. The van der Waals surface area contributed by atoms with E-state index in [-0.39, 0.29) is 0 Å². The molecular formula is C11H18N8S. The van der Waals surface area contributed by atoms with Crippen LogP contribution in [0.25, 0.3) is 5.95 Å². The maximum absolute atomic E-state index is 5.42. The summed E-state index contributed by atoms with van der Waals surface area (Å²) in [5, 5.41) is 4.12. The molecule has 2 rings (SSSR count). The van der Waals surface area contributed by atoms with Crippen molar-refractivity contribution in [1.29, 1.82) is 0 Å². The number of thioether (sulfide) groups is 1. The molecule has 2 heterocycles. The van der Waals surface area contributed by atoms with E-state index in [1.54, 1.807) is 34.9 Å². The maximum Gasteiger partial charge on any atom is 0.257 e. The molecule has 0 saturated heterocycles. The first-order valence-corrected chi connectivity index (χ1v) is 7.49. The van der Waals surface area contributed by atoms with Crippen LogP contribution in [0.1, 0.15) is 6.92 Å². The summed E-state index contributed by atoms with van der Waals surface area (Å²) in [6.07, 6.45) is 5.50. The smallest absolute Gasteiger partial charge is 0.257 e. The summed E-state index contributed by atoms with van der Waals surface area (Å²) < 4.78 is 1.57. The lowest BCUT2D eigenvalue weighted by atomic mass is 10.3. The molecule has 0 aliphatic rings. The van der Waals surface area contributed by atoms with Gasteiger partial charge in [-0.05, 0) is 19.2 Å². The van der Waals surface area contributed by atoms with Gasteiger partial charge in [0.15, 0.2) is 0 Å². The van der Waals surface area contributed by atoms with Gasteiger partial charge in [0.1, 0.15) is 0 Å². The first kappa shape index (κ1) is 14.5. The highest BCUT2D eigenvalue weighted by atomic mass is 32.2. The first-order valence-electron chi connectivity index (χ1n) is 6.10. The SMILES string of the molecule is CSCC(C)N(C)c1nc(NN)nc(-n2cccn2)n1. The predicted octanol–water partition coefficient (Wildman–Crippen LogP) is 0.531. The third-order valence-electron chi connectivity index (χ3n) is 2.83. The molecule has 0 aromatic carbocycles. The van der Waals surface area contributed by atoms with Gasteiger partial charge < -0.3 is 4.90 Å². The number of hydrogen-bond acceptors (Lipinski definition) is 8. The van der Waals surface area contributed by atoms with E-state index < -0.39 is 0 Å². The number of nitrogens with two attached hydrogens (primary N) is 1. The van der Waals surface area contributed by atoms with Crippen LogP contribution in [0, 0.1) is 0 Å².